The summed E-state index contributed by atoms with van der Waals surface area (Å²) in [5, 5.41) is 11.0. The molecule has 2 amide bonds. The molecule has 2 aromatic rings. The molecular weight excluding hydrogens is 357 g/mol. The first kappa shape index (κ1) is 17.4. The van der Waals surface area contributed by atoms with E-state index in [1.165, 1.54) is 24.3 Å². The van der Waals surface area contributed by atoms with Gasteiger partial charge < -0.3 is 4.74 Å². The summed E-state index contributed by atoms with van der Waals surface area (Å²) >= 11 is 0. The maximum absolute atomic E-state index is 12.4. The Morgan fingerprint density at radius 2 is 1.69 bits per heavy atom. The second-order valence-corrected chi connectivity index (χ2v) is 5.35. The number of ether oxygens (including phenoxy) is 1. The zero-order valence-corrected chi connectivity index (χ0v) is 12.8. The maximum Gasteiger partial charge on any atom is 0.573 e. The minimum Gasteiger partial charge on any atom is -0.406 e. The number of hydrogen-bond acceptors (Lipinski definition) is 5. The smallest absolute Gasteiger partial charge is 0.406 e. The highest BCUT2D eigenvalue weighted by molar-refractivity contribution is 6.23. The Morgan fingerprint density at radius 1 is 1.04 bits per heavy atom. The third-order valence-corrected chi connectivity index (χ3v) is 3.67. The number of carbonyl (C=O) groups excluding carboxylic acids is 2. The fourth-order valence-corrected chi connectivity index (χ4v) is 2.59. The van der Waals surface area contributed by atoms with Gasteiger partial charge in [-0.1, -0.05) is 18.2 Å². The Balaban J connectivity index is 1.83. The lowest BCUT2D eigenvalue weighted by molar-refractivity contribution is -0.385. The first-order valence-corrected chi connectivity index (χ1v) is 7.15. The first-order chi connectivity index (χ1) is 12.2. The second kappa shape index (κ2) is 6.14. The predicted octanol–water partition coefficient (Wildman–Crippen LogP) is 3.29. The van der Waals surface area contributed by atoms with Crippen molar-refractivity contribution in [1.29, 1.82) is 0 Å². The molecule has 1 aliphatic heterocycles. The molecule has 2 aromatic carbocycles. The van der Waals surface area contributed by atoms with E-state index in [2.05, 4.69) is 4.74 Å². The van der Waals surface area contributed by atoms with Gasteiger partial charge in [-0.2, -0.15) is 0 Å². The van der Waals surface area contributed by atoms with Gasteiger partial charge in [0, 0.05) is 6.07 Å². The summed E-state index contributed by atoms with van der Waals surface area (Å²) < 4.78 is 40.2. The van der Waals surface area contributed by atoms with Crippen LogP contribution in [0.4, 0.5) is 18.9 Å². The van der Waals surface area contributed by atoms with Gasteiger partial charge in [-0.15, -0.1) is 13.2 Å². The highest BCUT2D eigenvalue weighted by atomic mass is 19.4. The summed E-state index contributed by atoms with van der Waals surface area (Å²) in [7, 11) is 0. The fourth-order valence-electron chi connectivity index (χ4n) is 2.59. The number of fused-ring (bicyclic) bond motifs is 1. The number of alkyl halides is 3. The molecule has 0 atom stereocenters. The topological polar surface area (TPSA) is 89.8 Å². The SMILES string of the molecule is O=C1c2cccc([N+](=O)[O-])c2C(=O)N1Cc1ccc(OC(F)(F)F)cc1. The number of rotatable bonds is 4. The molecule has 0 saturated heterocycles. The quantitative estimate of drug-likeness (QED) is 0.471. The largest absolute Gasteiger partial charge is 0.573 e. The van der Waals surface area contributed by atoms with E-state index < -0.39 is 34.5 Å². The van der Waals surface area contributed by atoms with Gasteiger partial charge >= 0.3 is 6.36 Å². The van der Waals surface area contributed by atoms with Crippen LogP contribution in [0.25, 0.3) is 0 Å². The number of imide groups is 1. The monoisotopic (exact) mass is 366 g/mol. The third-order valence-electron chi connectivity index (χ3n) is 3.67. The van der Waals surface area contributed by atoms with E-state index in [-0.39, 0.29) is 17.7 Å². The van der Waals surface area contributed by atoms with E-state index in [1.807, 2.05) is 0 Å². The summed E-state index contributed by atoms with van der Waals surface area (Å²) in [4.78, 5) is 35.9. The average Bonchev–Trinajstić information content (AvgIpc) is 2.80. The second-order valence-electron chi connectivity index (χ2n) is 5.35. The van der Waals surface area contributed by atoms with Gasteiger partial charge in [0.2, 0.25) is 0 Å². The molecule has 3 rings (SSSR count). The van der Waals surface area contributed by atoms with Gasteiger partial charge in [0.05, 0.1) is 17.0 Å². The highest BCUT2D eigenvalue weighted by Gasteiger charge is 2.40. The van der Waals surface area contributed by atoms with Crippen molar-refractivity contribution in [3.8, 4) is 5.75 Å². The van der Waals surface area contributed by atoms with Crippen molar-refractivity contribution in [2.75, 3.05) is 0 Å². The highest BCUT2D eigenvalue weighted by Crippen LogP contribution is 2.32. The molecule has 0 spiro atoms. The number of hydrogen-bond donors (Lipinski definition) is 0. The van der Waals surface area contributed by atoms with Crippen LogP contribution in [-0.2, 0) is 6.54 Å². The Labute approximate surface area is 143 Å². The lowest BCUT2D eigenvalue weighted by atomic mass is 10.1. The Hall–Kier alpha value is -3.43. The van der Waals surface area contributed by atoms with E-state index >= 15 is 0 Å². The number of nitro benzene ring substituents is 1. The van der Waals surface area contributed by atoms with E-state index in [9.17, 15) is 32.9 Å². The number of benzene rings is 2. The molecule has 0 radical (unpaired) electrons. The van der Waals surface area contributed by atoms with Crippen LogP contribution < -0.4 is 4.74 Å². The van der Waals surface area contributed by atoms with Crippen molar-refractivity contribution < 1.29 is 32.4 Å². The minimum absolute atomic E-state index is 0.0822. The van der Waals surface area contributed by atoms with Crippen molar-refractivity contribution >= 4 is 17.5 Å². The molecule has 0 unspecified atom stereocenters. The molecule has 0 aromatic heterocycles. The molecular formula is C16H9F3N2O5. The minimum atomic E-state index is -4.83. The summed E-state index contributed by atoms with van der Waals surface area (Å²) in [5.41, 5.74) is -0.491. The van der Waals surface area contributed by atoms with Gasteiger partial charge in [0.15, 0.2) is 0 Å². The summed E-state index contributed by atoms with van der Waals surface area (Å²) in [6.07, 6.45) is -4.83. The van der Waals surface area contributed by atoms with Gasteiger partial charge in [-0.05, 0) is 23.8 Å². The molecule has 26 heavy (non-hydrogen) atoms. The van der Waals surface area contributed by atoms with E-state index in [1.54, 1.807) is 0 Å². The zero-order valence-electron chi connectivity index (χ0n) is 12.8. The van der Waals surface area contributed by atoms with Crippen LogP contribution in [0.3, 0.4) is 0 Å². The molecule has 10 heteroatoms. The van der Waals surface area contributed by atoms with Crippen LogP contribution in [-0.4, -0.2) is 28.0 Å². The van der Waals surface area contributed by atoms with Gasteiger partial charge in [-0.25, -0.2) is 0 Å². The molecule has 0 fully saturated rings. The van der Waals surface area contributed by atoms with E-state index in [0.29, 0.717) is 5.56 Å². The fraction of sp³-hybridized carbons (Fsp3) is 0.125. The van der Waals surface area contributed by atoms with Crippen LogP contribution in [0.5, 0.6) is 5.75 Å². The predicted molar refractivity (Wildman–Crippen MR) is 80.4 cm³/mol. The number of nitro groups is 1. The number of amides is 2. The van der Waals surface area contributed by atoms with E-state index in [0.717, 1.165) is 23.1 Å². The number of halogens is 3. The molecule has 0 bridgehead atoms. The molecule has 1 heterocycles. The summed E-state index contributed by atoms with van der Waals surface area (Å²) in [5.74, 6) is -1.98. The molecule has 7 nitrogen and oxygen atoms in total. The van der Waals surface area contributed by atoms with Crippen LogP contribution in [0.1, 0.15) is 26.3 Å². The normalized spacial score (nSPS) is 13.7. The van der Waals surface area contributed by atoms with Crippen molar-refractivity contribution in [2.45, 2.75) is 12.9 Å². The summed E-state index contributed by atoms with van der Waals surface area (Å²) in [6, 6.07) is 8.35. The number of carbonyl (C=O) groups is 2. The number of nitrogens with zero attached hydrogens (tertiary/aromatic N) is 2. The maximum atomic E-state index is 12.4. The Kier molecular flexibility index (Phi) is 4.10. The Morgan fingerprint density at radius 3 is 2.27 bits per heavy atom. The molecule has 1 aliphatic rings. The van der Waals surface area contributed by atoms with Crippen molar-refractivity contribution in [3.05, 3.63) is 69.3 Å². The Bertz CT molecular complexity index is 909. The van der Waals surface area contributed by atoms with Gasteiger partial charge in [0.25, 0.3) is 17.5 Å². The van der Waals surface area contributed by atoms with Crippen LogP contribution in [0.2, 0.25) is 0 Å². The van der Waals surface area contributed by atoms with Crippen molar-refractivity contribution in [2.24, 2.45) is 0 Å². The molecule has 0 saturated carbocycles. The summed E-state index contributed by atoms with van der Waals surface area (Å²) in [6.45, 7) is -0.240. The lowest BCUT2D eigenvalue weighted by Gasteiger charge is -2.14. The van der Waals surface area contributed by atoms with Crippen LogP contribution in [0.15, 0.2) is 42.5 Å². The lowest BCUT2D eigenvalue weighted by Crippen LogP contribution is -2.29. The zero-order chi connectivity index (χ0) is 19.1. The van der Waals surface area contributed by atoms with Crippen molar-refractivity contribution in [3.63, 3.8) is 0 Å². The van der Waals surface area contributed by atoms with Gasteiger partial charge in [-0.3, -0.25) is 24.6 Å². The van der Waals surface area contributed by atoms with Gasteiger partial charge in [0.1, 0.15) is 11.3 Å². The molecule has 0 aliphatic carbocycles. The third kappa shape index (κ3) is 3.21. The van der Waals surface area contributed by atoms with Crippen molar-refractivity contribution in [1.82, 2.24) is 4.90 Å². The van der Waals surface area contributed by atoms with Crippen LogP contribution in [0, 0.1) is 10.1 Å². The molecule has 0 N–H and O–H groups in total. The standard InChI is InChI=1S/C16H9F3N2O5/c17-16(18,19)26-10-6-4-9(5-7-10)8-20-14(22)11-2-1-3-12(21(24)25)13(11)15(20)23/h1-7H,8H2. The van der Waals surface area contributed by atoms with E-state index in [4.69, 9.17) is 0 Å². The van der Waals surface area contributed by atoms with Crippen LogP contribution >= 0.6 is 0 Å². The average molecular weight is 366 g/mol. The molecule has 134 valence electrons. The first-order valence-electron chi connectivity index (χ1n) is 7.15.